The first-order valence-corrected chi connectivity index (χ1v) is 10.1. The van der Waals surface area contributed by atoms with E-state index in [1.165, 1.54) is 0 Å². The van der Waals surface area contributed by atoms with Crippen LogP contribution in [0.1, 0.15) is 58.6 Å². The maximum atomic E-state index is 12.7. The van der Waals surface area contributed by atoms with E-state index in [2.05, 4.69) is 15.6 Å². The molecule has 4 N–H and O–H groups in total. The van der Waals surface area contributed by atoms with Gasteiger partial charge >= 0.3 is 0 Å². The van der Waals surface area contributed by atoms with E-state index in [1.54, 1.807) is 6.08 Å². The standard InChI is InChI=1S/C23H27N3O4/c1-14-20(12-18-17-9-5-6-10-19(17)26-22(18)29)25-15(2)21(14)23(30)24-11-7-3-4-8-16(28)13-27/h5-6,9-10,12,25,27H,3-4,7-8,11,13H2,1-2H3,(H,24,30)(H,26,29)/b18-12-. The molecular formula is C23H27N3O4. The highest BCUT2D eigenvalue weighted by atomic mass is 16.3. The Balaban J connectivity index is 1.65. The van der Waals surface area contributed by atoms with Crippen LogP contribution in [-0.4, -0.2) is 40.8 Å². The van der Waals surface area contributed by atoms with Crippen LogP contribution in [0.5, 0.6) is 0 Å². The molecule has 0 spiro atoms. The van der Waals surface area contributed by atoms with Crippen molar-refractivity contribution in [3.05, 3.63) is 52.3 Å². The van der Waals surface area contributed by atoms with Crippen molar-refractivity contribution in [1.82, 2.24) is 10.3 Å². The number of aliphatic hydroxyl groups is 1. The lowest BCUT2D eigenvalue weighted by Crippen LogP contribution is -2.25. The number of ketones is 1. The predicted octanol–water partition coefficient (Wildman–Crippen LogP) is 2.98. The van der Waals surface area contributed by atoms with Crippen LogP contribution < -0.4 is 10.6 Å². The molecule has 3 rings (SSSR count). The molecule has 0 saturated carbocycles. The van der Waals surface area contributed by atoms with Gasteiger partial charge in [0.1, 0.15) is 6.61 Å². The van der Waals surface area contributed by atoms with E-state index in [0.29, 0.717) is 30.5 Å². The number of anilines is 1. The van der Waals surface area contributed by atoms with Crippen molar-refractivity contribution in [2.24, 2.45) is 0 Å². The summed E-state index contributed by atoms with van der Waals surface area (Å²) in [5.41, 5.74) is 5.07. The first-order valence-electron chi connectivity index (χ1n) is 10.1. The molecule has 2 heterocycles. The van der Waals surface area contributed by atoms with Gasteiger partial charge < -0.3 is 20.7 Å². The smallest absolute Gasteiger partial charge is 0.256 e. The molecule has 2 amide bonds. The number of unbranched alkanes of at least 4 members (excludes halogenated alkanes) is 2. The topological polar surface area (TPSA) is 111 Å². The van der Waals surface area contributed by atoms with E-state index in [4.69, 9.17) is 5.11 Å². The van der Waals surface area contributed by atoms with Gasteiger partial charge in [0, 0.05) is 35.6 Å². The minimum Gasteiger partial charge on any atom is -0.389 e. The number of aromatic amines is 1. The Bertz CT molecular complexity index is 1000. The highest BCUT2D eigenvalue weighted by Gasteiger charge is 2.25. The summed E-state index contributed by atoms with van der Waals surface area (Å²) >= 11 is 0. The fourth-order valence-corrected chi connectivity index (χ4v) is 3.68. The quantitative estimate of drug-likeness (QED) is 0.377. The number of carbonyl (C=O) groups is 3. The third-order valence-electron chi connectivity index (χ3n) is 5.30. The number of rotatable bonds is 9. The summed E-state index contributed by atoms with van der Waals surface area (Å²) in [6, 6.07) is 7.52. The zero-order valence-corrected chi connectivity index (χ0v) is 17.3. The van der Waals surface area contributed by atoms with E-state index < -0.39 is 6.61 Å². The zero-order chi connectivity index (χ0) is 21.7. The third-order valence-corrected chi connectivity index (χ3v) is 5.30. The Morgan fingerprint density at radius 2 is 1.90 bits per heavy atom. The number of fused-ring (bicyclic) bond motifs is 1. The second-order valence-electron chi connectivity index (χ2n) is 7.48. The molecular weight excluding hydrogens is 382 g/mol. The number of para-hydroxylation sites is 1. The molecule has 158 valence electrons. The molecule has 0 unspecified atom stereocenters. The van der Waals surface area contributed by atoms with E-state index >= 15 is 0 Å². The molecule has 0 saturated heterocycles. The summed E-state index contributed by atoms with van der Waals surface area (Å²) in [5, 5.41) is 14.5. The van der Waals surface area contributed by atoms with Crippen molar-refractivity contribution in [1.29, 1.82) is 0 Å². The average molecular weight is 409 g/mol. The Morgan fingerprint density at radius 3 is 2.67 bits per heavy atom. The van der Waals surface area contributed by atoms with E-state index in [9.17, 15) is 14.4 Å². The number of aromatic nitrogens is 1. The number of carbonyl (C=O) groups excluding carboxylic acids is 3. The molecule has 0 bridgehead atoms. The summed E-state index contributed by atoms with van der Waals surface area (Å²) in [4.78, 5) is 39.3. The van der Waals surface area contributed by atoms with Crippen molar-refractivity contribution in [2.45, 2.75) is 39.5 Å². The van der Waals surface area contributed by atoms with Crippen LogP contribution in [0.15, 0.2) is 24.3 Å². The highest BCUT2D eigenvalue weighted by Crippen LogP contribution is 2.33. The number of hydrogen-bond acceptors (Lipinski definition) is 4. The molecule has 1 aliphatic rings. The van der Waals surface area contributed by atoms with Crippen molar-refractivity contribution in [3.8, 4) is 0 Å². The van der Waals surface area contributed by atoms with Crippen molar-refractivity contribution in [2.75, 3.05) is 18.5 Å². The van der Waals surface area contributed by atoms with Gasteiger partial charge in [-0.15, -0.1) is 0 Å². The lowest BCUT2D eigenvalue weighted by atomic mass is 10.0. The Kier molecular flexibility index (Phi) is 6.84. The summed E-state index contributed by atoms with van der Waals surface area (Å²) in [6.07, 6.45) is 4.44. The maximum absolute atomic E-state index is 12.7. The van der Waals surface area contributed by atoms with Gasteiger partial charge in [0.05, 0.1) is 11.1 Å². The minimum atomic E-state index is -0.408. The average Bonchev–Trinajstić information content (AvgIpc) is 3.19. The molecule has 7 nitrogen and oxygen atoms in total. The number of Topliss-reactive ketones (excluding diaryl/α,β-unsaturated/α-hetero) is 1. The van der Waals surface area contributed by atoms with Crippen LogP contribution in [0, 0.1) is 13.8 Å². The maximum Gasteiger partial charge on any atom is 0.256 e. The molecule has 30 heavy (non-hydrogen) atoms. The number of nitrogens with one attached hydrogen (secondary N) is 3. The Labute approximate surface area is 175 Å². The molecule has 1 aliphatic heterocycles. The van der Waals surface area contributed by atoms with Crippen LogP contribution in [0.3, 0.4) is 0 Å². The van der Waals surface area contributed by atoms with Gasteiger partial charge in [0.2, 0.25) is 0 Å². The molecule has 1 aromatic heterocycles. The molecule has 0 fully saturated rings. The normalized spacial score (nSPS) is 14.0. The van der Waals surface area contributed by atoms with Crippen molar-refractivity contribution < 1.29 is 19.5 Å². The molecule has 0 radical (unpaired) electrons. The van der Waals surface area contributed by atoms with E-state index in [1.807, 2.05) is 38.1 Å². The summed E-state index contributed by atoms with van der Waals surface area (Å²) in [7, 11) is 0. The first kappa shape index (κ1) is 21.5. The highest BCUT2D eigenvalue weighted by molar-refractivity contribution is 6.34. The van der Waals surface area contributed by atoms with Crippen molar-refractivity contribution in [3.63, 3.8) is 0 Å². The lowest BCUT2D eigenvalue weighted by molar-refractivity contribution is -0.121. The third kappa shape index (κ3) is 4.68. The second kappa shape index (κ2) is 9.54. The van der Waals surface area contributed by atoms with Gasteiger partial charge in [-0.05, 0) is 44.4 Å². The van der Waals surface area contributed by atoms with Gasteiger partial charge in [0.25, 0.3) is 11.8 Å². The summed E-state index contributed by atoms with van der Waals surface area (Å²) < 4.78 is 0. The minimum absolute atomic E-state index is 0.155. The first-order chi connectivity index (χ1) is 14.4. The monoisotopic (exact) mass is 409 g/mol. The van der Waals surface area contributed by atoms with Crippen molar-refractivity contribution >= 4 is 34.9 Å². The number of aryl methyl sites for hydroxylation is 1. The molecule has 2 aromatic rings. The lowest BCUT2D eigenvalue weighted by Gasteiger charge is -2.06. The largest absolute Gasteiger partial charge is 0.389 e. The number of amides is 2. The number of H-pyrrole nitrogens is 1. The number of aliphatic hydroxyl groups excluding tert-OH is 1. The van der Waals surface area contributed by atoms with Crippen LogP contribution in [0.25, 0.3) is 11.6 Å². The van der Waals surface area contributed by atoms with Crippen LogP contribution in [-0.2, 0) is 9.59 Å². The Hall–Kier alpha value is -3.19. The molecule has 7 heteroatoms. The van der Waals surface area contributed by atoms with Crippen LogP contribution in [0.4, 0.5) is 5.69 Å². The Morgan fingerprint density at radius 1 is 1.13 bits per heavy atom. The van der Waals surface area contributed by atoms with Gasteiger partial charge in [-0.2, -0.15) is 0 Å². The van der Waals surface area contributed by atoms with E-state index in [0.717, 1.165) is 41.0 Å². The second-order valence-corrected chi connectivity index (χ2v) is 7.48. The SMILES string of the molecule is Cc1[nH]c(/C=C2\C(=O)Nc3ccccc32)c(C)c1C(=O)NCCCCCC(=O)CO. The summed E-state index contributed by atoms with van der Waals surface area (Å²) in [5.74, 6) is -0.472. The summed E-state index contributed by atoms with van der Waals surface area (Å²) in [6.45, 7) is 3.81. The van der Waals surface area contributed by atoms with Gasteiger partial charge in [-0.1, -0.05) is 24.6 Å². The van der Waals surface area contributed by atoms with Crippen LogP contribution >= 0.6 is 0 Å². The molecule has 1 aromatic carbocycles. The van der Waals surface area contributed by atoms with Gasteiger partial charge in [-0.3, -0.25) is 14.4 Å². The molecule has 0 atom stereocenters. The van der Waals surface area contributed by atoms with E-state index in [-0.39, 0.29) is 17.6 Å². The predicted molar refractivity (Wildman–Crippen MR) is 116 cm³/mol. The fraction of sp³-hybridized carbons (Fsp3) is 0.348. The zero-order valence-electron chi connectivity index (χ0n) is 17.3. The van der Waals surface area contributed by atoms with Crippen LogP contribution in [0.2, 0.25) is 0 Å². The number of benzene rings is 1. The van der Waals surface area contributed by atoms with Gasteiger partial charge in [0.15, 0.2) is 5.78 Å². The van der Waals surface area contributed by atoms with Gasteiger partial charge in [-0.25, -0.2) is 0 Å². The fourth-order valence-electron chi connectivity index (χ4n) is 3.68. The number of hydrogen-bond donors (Lipinski definition) is 4. The molecule has 0 aliphatic carbocycles.